The van der Waals surface area contributed by atoms with Crippen LogP contribution in [0.4, 0.5) is 5.69 Å². The molecule has 0 heterocycles. The Labute approximate surface area is 205 Å². The van der Waals surface area contributed by atoms with E-state index in [4.69, 9.17) is 17.3 Å². The number of halogens is 1. The Balaban J connectivity index is 2.52. The maximum Gasteiger partial charge on any atom is 0.216 e. The Hall–Kier alpha value is -2.22. The van der Waals surface area contributed by atoms with Crippen molar-refractivity contribution in [3.8, 4) is 0 Å². The number of anilines is 1. The molecule has 0 saturated carbocycles. The monoisotopic (exact) mass is 478 g/mol. The molecule has 0 atom stereocenters. The minimum atomic E-state index is -0.00366. The number of allylic oxidation sites excluding steroid dienone is 2. The molecule has 1 amide bonds. The van der Waals surface area contributed by atoms with Gasteiger partial charge in [0.1, 0.15) is 0 Å². The van der Waals surface area contributed by atoms with E-state index in [2.05, 4.69) is 58.3 Å². The number of hydrogen-bond acceptors (Lipinski definition) is 6. The largest absolute Gasteiger partial charge is 0.384 e. The second kappa shape index (κ2) is 16.4. The third-order valence-corrected chi connectivity index (χ3v) is 5.78. The minimum Gasteiger partial charge on any atom is -0.384 e. The lowest BCUT2D eigenvalue weighted by Gasteiger charge is -2.26. The second-order valence-electron chi connectivity index (χ2n) is 7.96. The number of benzene rings is 1. The molecule has 0 fully saturated rings. The van der Waals surface area contributed by atoms with Crippen LogP contribution in [0.2, 0.25) is 5.02 Å². The number of likely N-dealkylation sites (N-methyl/N-ethyl adjacent to an activating group) is 1. The van der Waals surface area contributed by atoms with Crippen LogP contribution in [0, 0.1) is 0 Å². The van der Waals surface area contributed by atoms with Crippen LogP contribution in [0.5, 0.6) is 0 Å². The van der Waals surface area contributed by atoms with Gasteiger partial charge in [0, 0.05) is 75.3 Å². The smallest absolute Gasteiger partial charge is 0.216 e. The summed E-state index contributed by atoms with van der Waals surface area (Å²) in [7, 11) is 2.00. The van der Waals surface area contributed by atoms with Gasteiger partial charge < -0.3 is 31.5 Å². The van der Waals surface area contributed by atoms with Crippen LogP contribution in [-0.4, -0.2) is 63.8 Å². The molecule has 1 aromatic rings. The molecule has 0 aliphatic heterocycles. The zero-order valence-electron chi connectivity index (χ0n) is 20.8. The van der Waals surface area contributed by atoms with Crippen molar-refractivity contribution < 1.29 is 4.79 Å². The fourth-order valence-corrected chi connectivity index (χ4v) is 3.82. The fraction of sp³-hybridized carbons (Fsp3) is 0.560. The number of carbonyl (C=O) groups is 1. The van der Waals surface area contributed by atoms with Crippen molar-refractivity contribution in [2.24, 2.45) is 5.73 Å². The molecular weight excluding hydrogens is 436 g/mol. The molecule has 1 aromatic carbocycles. The molecule has 0 spiro atoms. The van der Waals surface area contributed by atoms with Gasteiger partial charge in [0.2, 0.25) is 5.91 Å². The first kappa shape index (κ1) is 28.8. The lowest BCUT2D eigenvalue weighted by molar-refractivity contribution is -0.118. The molecule has 33 heavy (non-hydrogen) atoms. The zero-order valence-corrected chi connectivity index (χ0v) is 21.6. The molecule has 7 nitrogen and oxygen atoms in total. The Kier molecular flexibility index (Phi) is 14.3. The van der Waals surface area contributed by atoms with Gasteiger partial charge in [-0.25, -0.2) is 0 Å². The second-order valence-corrected chi connectivity index (χ2v) is 8.39. The van der Waals surface area contributed by atoms with Gasteiger partial charge in [0.25, 0.3) is 0 Å². The molecule has 0 bridgehead atoms. The summed E-state index contributed by atoms with van der Waals surface area (Å²) in [4.78, 5) is 15.5. The normalized spacial score (nSPS) is 11.6. The first-order valence-corrected chi connectivity index (χ1v) is 12.2. The molecule has 8 heteroatoms. The Morgan fingerprint density at radius 3 is 2.36 bits per heavy atom. The van der Waals surface area contributed by atoms with E-state index in [1.807, 2.05) is 19.2 Å². The number of nitrogens with one attached hydrogen (secondary N) is 3. The van der Waals surface area contributed by atoms with Gasteiger partial charge in [0.15, 0.2) is 0 Å². The number of hydrogen-bond donors (Lipinski definition) is 4. The summed E-state index contributed by atoms with van der Waals surface area (Å²) in [5, 5.41) is 10.6. The standard InChI is InChI=1S/C25H43ClN6O/c1-6-25(31(5)19-27)24(9-8-14-30-21(4)33)20(3)29-16-15-28-17-18-32(7-2)23-12-10-22(26)11-13-23/h10-13,28-29H,3,6-9,14-19,27H2,1-2,4-5H3,(H,30,33)/b25-24-. The van der Waals surface area contributed by atoms with E-state index in [0.29, 0.717) is 13.2 Å². The molecule has 0 unspecified atom stereocenters. The lowest BCUT2D eigenvalue weighted by Crippen LogP contribution is -2.35. The van der Waals surface area contributed by atoms with Crippen molar-refractivity contribution in [2.45, 2.75) is 40.0 Å². The average Bonchev–Trinajstić information content (AvgIpc) is 2.80. The highest BCUT2D eigenvalue weighted by molar-refractivity contribution is 6.30. The van der Waals surface area contributed by atoms with Crippen LogP contribution in [0.15, 0.2) is 47.8 Å². The van der Waals surface area contributed by atoms with Crippen LogP contribution < -0.4 is 26.6 Å². The third kappa shape index (κ3) is 11.0. The van der Waals surface area contributed by atoms with Crippen LogP contribution >= 0.6 is 11.6 Å². The first-order valence-electron chi connectivity index (χ1n) is 11.9. The summed E-state index contributed by atoms with van der Waals surface area (Å²) in [5.74, 6) is -0.00366. The van der Waals surface area contributed by atoms with E-state index in [9.17, 15) is 4.79 Å². The van der Waals surface area contributed by atoms with E-state index in [-0.39, 0.29) is 5.91 Å². The fourth-order valence-electron chi connectivity index (χ4n) is 3.69. The van der Waals surface area contributed by atoms with Gasteiger partial charge in [-0.3, -0.25) is 4.79 Å². The summed E-state index contributed by atoms with van der Waals surface area (Å²) in [6, 6.07) is 7.97. The maximum atomic E-state index is 11.2. The Morgan fingerprint density at radius 1 is 1.09 bits per heavy atom. The van der Waals surface area contributed by atoms with Gasteiger partial charge in [-0.05, 0) is 56.0 Å². The highest BCUT2D eigenvalue weighted by atomic mass is 35.5. The molecule has 0 radical (unpaired) electrons. The number of rotatable bonds is 17. The van der Waals surface area contributed by atoms with Crippen LogP contribution in [0.25, 0.3) is 0 Å². The predicted molar refractivity (Wildman–Crippen MR) is 141 cm³/mol. The van der Waals surface area contributed by atoms with Gasteiger partial charge >= 0.3 is 0 Å². The van der Waals surface area contributed by atoms with E-state index in [0.717, 1.165) is 62.7 Å². The molecular formula is C25H43ClN6O. The lowest BCUT2D eigenvalue weighted by atomic mass is 10.0. The summed E-state index contributed by atoms with van der Waals surface area (Å²) in [6.07, 6.45) is 2.56. The van der Waals surface area contributed by atoms with E-state index in [1.165, 1.54) is 17.0 Å². The van der Waals surface area contributed by atoms with Crippen molar-refractivity contribution in [3.05, 3.63) is 52.8 Å². The van der Waals surface area contributed by atoms with Gasteiger partial charge in [-0.15, -0.1) is 0 Å². The predicted octanol–water partition coefficient (Wildman–Crippen LogP) is 3.29. The minimum absolute atomic E-state index is 0.00366. The molecule has 1 rings (SSSR count). The van der Waals surface area contributed by atoms with Crippen LogP contribution in [-0.2, 0) is 4.79 Å². The number of carbonyl (C=O) groups excluding carboxylic acids is 1. The first-order chi connectivity index (χ1) is 15.8. The van der Waals surface area contributed by atoms with Crippen molar-refractivity contribution in [2.75, 3.05) is 57.9 Å². The van der Waals surface area contributed by atoms with Gasteiger partial charge in [0.05, 0.1) is 6.67 Å². The van der Waals surface area contributed by atoms with Crippen molar-refractivity contribution in [3.63, 3.8) is 0 Å². The molecule has 186 valence electrons. The number of nitrogens with zero attached hydrogens (tertiary/aromatic N) is 2. The topological polar surface area (TPSA) is 85.7 Å². The van der Waals surface area contributed by atoms with Gasteiger partial charge in [-0.1, -0.05) is 25.1 Å². The summed E-state index contributed by atoms with van der Waals surface area (Å²) in [6.45, 7) is 15.6. The quantitative estimate of drug-likeness (QED) is 0.156. The SMILES string of the molecule is C=C(NCCNCCN(CC)c1ccc(Cl)cc1)/C(CCCNC(C)=O)=C(/CC)N(C)CN. The highest BCUT2D eigenvalue weighted by Crippen LogP contribution is 2.22. The molecule has 0 aliphatic carbocycles. The summed E-state index contributed by atoms with van der Waals surface area (Å²) >= 11 is 6.00. The van der Waals surface area contributed by atoms with Gasteiger partial charge in [-0.2, -0.15) is 0 Å². The van der Waals surface area contributed by atoms with Crippen molar-refractivity contribution in [1.29, 1.82) is 0 Å². The Morgan fingerprint density at radius 2 is 1.79 bits per heavy atom. The highest BCUT2D eigenvalue weighted by Gasteiger charge is 2.12. The molecule has 0 saturated heterocycles. The maximum absolute atomic E-state index is 11.2. The number of amides is 1. The van der Waals surface area contributed by atoms with Crippen molar-refractivity contribution in [1.82, 2.24) is 20.9 Å². The van der Waals surface area contributed by atoms with E-state index >= 15 is 0 Å². The van der Waals surface area contributed by atoms with Crippen LogP contribution in [0.3, 0.4) is 0 Å². The average molecular weight is 479 g/mol. The Bertz CT molecular complexity index is 750. The molecule has 0 aliphatic rings. The number of nitrogens with two attached hydrogens (primary N) is 1. The summed E-state index contributed by atoms with van der Waals surface area (Å²) in [5.41, 5.74) is 10.4. The van der Waals surface area contributed by atoms with E-state index < -0.39 is 0 Å². The third-order valence-electron chi connectivity index (χ3n) is 5.53. The van der Waals surface area contributed by atoms with Crippen LogP contribution in [0.1, 0.15) is 40.0 Å². The molecule has 0 aromatic heterocycles. The zero-order chi connectivity index (χ0) is 24.6. The van der Waals surface area contributed by atoms with Crippen molar-refractivity contribution >= 4 is 23.2 Å². The van der Waals surface area contributed by atoms with E-state index in [1.54, 1.807) is 6.92 Å². The molecule has 5 N–H and O–H groups in total. The summed E-state index contributed by atoms with van der Waals surface area (Å²) < 4.78 is 0.